The Morgan fingerprint density at radius 2 is 2.22 bits per heavy atom. The molecule has 0 amide bonds. The molecule has 0 radical (unpaired) electrons. The van der Waals surface area contributed by atoms with Crippen molar-refractivity contribution in [2.75, 3.05) is 26.3 Å². The Balaban J connectivity index is 0.00000264. The first-order valence-electron chi connectivity index (χ1n) is 7.84. The molecule has 0 aliphatic carbocycles. The Kier molecular flexibility index (Phi) is 10.2. The van der Waals surface area contributed by atoms with Crippen LogP contribution in [-0.2, 0) is 11.3 Å². The SMILES string of the molecule is CCNC(=NCc1cn2ccsc2n1)NCCCCOCC.I. The van der Waals surface area contributed by atoms with Gasteiger partial charge in [0, 0.05) is 44.1 Å². The average molecular weight is 451 g/mol. The molecule has 0 aromatic carbocycles. The number of nitrogens with zero attached hydrogens (tertiary/aromatic N) is 3. The number of guanidine groups is 1. The lowest BCUT2D eigenvalue weighted by Gasteiger charge is -2.10. The van der Waals surface area contributed by atoms with Gasteiger partial charge in [0.15, 0.2) is 10.9 Å². The quantitative estimate of drug-likeness (QED) is 0.267. The van der Waals surface area contributed by atoms with Crippen LogP contribution in [0.3, 0.4) is 0 Å². The Morgan fingerprint density at radius 1 is 1.35 bits per heavy atom. The van der Waals surface area contributed by atoms with Crippen molar-refractivity contribution in [3.8, 4) is 0 Å². The summed E-state index contributed by atoms with van der Waals surface area (Å²) >= 11 is 1.64. The fraction of sp³-hybridized carbons (Fsp3) is 0.600. The van der Waals surface area contributed by atoms with Gasteiger partial charge in [-0.1, -0.05) is 0 Å². The van der Waals surface area contributed by atoms with E-state index in [4.69, 9.17) is 4.74 Å². The summed E-state index contributed by atoms with van der Waals surface area (Å²) in [6.45, 7) is 8.05. The van der Waals surface area contributed by atoms with Crippen molar-refractivity contribution in [1.29, 1.82) is 0 Å². The summed E-state index contributed by atoms with van der Waals surface area (Å²) in [5, 5.41) is 8.64. The minimum absolute atomic E-state index is 0. The van der Waals surface area contributed by atoms with Gasteiger partial charge in [-0.05, 0) is 26.7 Å². The predicted molar refractivity (Wildman–Crippen MR) is 107 cm³/mol. The molecule has 23 heavy (non-hydrogen) atoms. The van der Waals surface area contributed by atoms with Gasteiger partial charge in [0.1, 0.15) is 0 Å². The first-order valence-corrected chi connectivity index (χ1v) is 8.72. The van der Waals surface area contributed by atoms with Gasteiger partial charge in [-0.2, -0.15) is 0 Å². The van der Waals surface area contributed by atoms with Crippen LogP contribution in [-0.4, -0.2) is 41.6 Å². The molecule has 0 saturated carbocycles. The number of ether oxygens (including phenoxy) is 1. The third kappa shape index (κ3) is 7.05. The van der Waals surface area contributed by atoms with Crippen molar-refractivity contribution >= 4 is 46.2 Å². The summed E-state index contributed by atoms with van der Waals surface area (Å²) in [6, 6.07) is 0. The molecule has 0 saturated heterocycles. The fourth-order valence-corrected chi connectivity index (χ4v) is 2.75. The molecule has 130 valence electrons. The number of unbranched alkanes of at least 4 members (excludes halogenated alkanes) is 1. The van der Waals surface area contributed by atoms with E-state index in [1.54, 1.807) is 11.3 Å². The second kappa shape index (κ2) is 11.6. The average Bonchev–Trinajstić information content (AvgIpc) is 3.09. The van der Waals surface area contributed by atoms with Gasteiger partial charge < -0.3 is 15.4 Å². The van der Waals surface area contributed by atoms with Crippen molar-refractivity contribution in [2.24, 2.45) is 4.99 Å². The third-order valence-electron chi connectivity index (χ3n) is 3.10. The van der Waals surface area contributed by atoms with Crippen LogP contribution in [0.4, 0.5) is 0 Å². The van der Waals surface area contributed by atoms with Gasteiger partial charge >= 0.3 is 0 Å². The maximum absolute atomic E-state index is 5.33. The highest BCUT2D eigenvalue weighted by molar-refractivity contribution is 14.0. The van der Waals surface area contributed by atoms with Gasteiger partial charge in [0.25, 0.3) is 0 Å². The zero-order valence-electron chi connectivity index (χ0n) is 13.7. The standard InChI is InChI=1S/C15H25N5OS.HI/c1-3-16-14(17-7-5-6-9-21-4-2)18-11-13-12-20-8-10-22-15(20)19-13;/h8,10,12H,3-7,9,11H2,1-2H3,(H2,16,17,18);1H. The lowest BCUT2D eigenvalue weighted by molar-refractivity contribution is 0.143. The lowest BCUT2D eigenvalue weighted by Crippen LogP contribution is -2.37. The lowest BCUT2D eigenvalue weighted by atomic mass is 10.3. The molecule has 0 aliphatic heterocycles. The summed E-state index contributed by atoms with van der Waals surface area (Å²) in [5.74, 6) is 0.843. The summed E-state index contributed by atoms with van der Waals surface area (Å²) in [5.41, 5.74) is 0.986. The van der Waals surface area contributed by atoms with E-state index < -0.39 is 0 Å². The largest absolute Gasteiger partial charge is 0.382 e. The Hall–Kier alpha value is -0.870. The number of thiazole rings is 1. The zero-order valence-corrected chi connectivity index (χ0v) is 16.9. The van der Waals surface area contributed by atoms with Crippen molar-refractivity contribution < 1.29 is 4.74 Å². The van der Waals surface area contributed by atoms with Gasteiger partial charge in [-0.25, -0.2) is 9.98 Å². The molecule has 8 heteroatoms. The molecule has 2 rings (SSSR count). The molecule has 0 unspecified atom stereocenters. The van der Waals surface area contributed by atoms with E-state index in [1.165, 1.54) is 0 Å². The highest BCUT2D eigenvalue weighted by atomic mass is 127. The normalized spacial score (nSPS) is 11.5. The number of nitrogens with one attached hydrogen (secondary N) is 2. The van der Waals surface area contributed by atoms with Gasteiger partial charge in [0.05, 0.1) is 12.2 Å². The summed E-state index contributed by atoms with van der Waals surface area (Å²) < 4.78 is 7.36. The molecule has 2 N–H and O–H groups in total. The van der Waals surface area contributed by atoms with E-state index in [1.807, 2.05) is 29.1 Å². The van der Waals surface area contributed by atoms with Crippen LogP contribution >= 0.6 is 35.3 Å². The summed E-state index contributed by atoms with van der Waals surface area (Å²) in [7, 11) is 0. The number of aliphatic imine (C=N–C) groups is 1. The summed E-state index contributed by atoms with van der Waals surface area (Å²) in [4.78, 5) is 10.1. The van der Waals surface area contributed by atoms with E-state index in [0.29, 0.717) is 6.54 Å². The van der Waals surface area contributed by atoms with E-state index in [9.17, 15) is 0 Å². The number of aromatic nitrogens is 2. The Labute approximate surface area is 158 Å². The van der Waals surface area contributed by atoms with Crippen molar-refractivity contribution in [1.82, 2.24) is 20.0 Å². The minimum Gasteiger partial charge on any atom is -0.382 e. The Bertz CT molecular complexity index is 555. The van der Waals surface area contributed by atoms with E-state index >= 15 is 0 Å². The van der Waals surface area contributed by atoms with Crippen LogP contribution in [0.2, 0.25) is 0 Å². The maximum Gasteiger partial charge on any atom is 0.193 e. The van der Waals surface area contributed by atoms with Gasteiger partial charge in [0.2, 0.25) is 0 Å². The number of fused-ring (bicyclic) bond motifs is 1. The molecular formula is C15H26IN5OS. The van der Waals surface area contributed by atoms with E-state index in [0.717, 1.165) is 55.8 Å². The highest BCUT2D eigenvalue weighted by Crippen LogP contribution is 2.11. The topological polar surface area (TPSA) is 63.0 Å². The fourth-order valence-electron chi connectivity index (χ4n) is 2.03. The highest BCUT2D eigenvalue weighted by Gasteiger charge is 2.02. The van der Waals surface area contributed by atoms with Crippen molar-refractivity contribution in [3.05, 3.63) is 23.5 Å². The molecule has 6 nitrogen and oxygen atoms in total. The second-order valence-corrected chi connectivity index (χ2v) is 5.72. The zero-order chi connectivity index (χ0) is 15.6. The smallest absolute Gasteiger partial charge is 0.193 e. The van der Waals surface area contributed by atoms with Gasteiger partial charge in [-0.3, -0.25) is 4.40 Å². The van der Waals surface area contributed by atoms with Crippen molar-refractivity contribution in [2.45, 2.75) is 33.2 Å². The van der Waals surface area contributed by atoms with Crippen LogP contribution in [0, 0.1) is 0 Å². The molecule has 0 aliphatic rings. The number of imidazole rings is 1. The third-order valence-corrected chi connectivity index (χ3v) is 3.87. The number of hydrogen-bond acceptors (Lipinski definition) is 4. The van der Waals surface area contributed by atoms with Crippen LogP contribution in [0.5, 0.6) is 0 Å². The van der Waals surface area contributed by atoms with Crippen LogP contribution in [0.25, 0.3) is 4.96 Å². The molecule has 2 aromatic rings. The molecule has 0 atom stereocenters. The van der Waals surface area contributed by atoms with Crippen LogP contribution in [0.1, 0.15) is 32.4 Å². The van der Waals surface area contributed by atoms with Gasteiger partial charge in [-0.15, -0.1) is 35.3 Å². The van der Waals surface area contributed by atoms with E-state index in [-0.39, 0.29) is 24.0 Å². The first-order chi connectivity index (χ1) is 10.8. The molecule has 2 aromatic heterocycles. The maximum atomic E-state index is 5.33. The van der Waals surface area contributed by atoms with Crippen LogP contribution in [0.15, 0.2) is 22.8 Å². The predicted octanol–water partition coefficient (Wildman–Crippen LogP) is 2.89. The Morgan fingerprint density at radius 3 is 2.96 bits per heavy atom. The summed E-state index contributed by atoms with van der Waals surface area (Å²) in [6.07, 6.45) is 6.19. The number of hydrogen-bond donors (Lipinski definition) is 2. The molecular weight excluding hydrogens is 425 g/mol. The molecule has 0 spiro atoms. The van der Waals surface area contributed by atoms with Crippen molar-refractivity contribution in [3.63, 3.8) is 0 Å². The first kappa shape index (κ1) is 20.2. The monoisotopic (exact) mass is 451 g/mol. The van der Waals surface area contributed by atoms with Crippen LogP contribution < -0.4 is 10.6 Å². The number of rotatable bonds is 9. The molecule has 0 fully saturated rings. The minimum atomic E-state index is 0. The second-order valence-electron chi connectivity index (χ2n) is 4.85. The number of halogens is 1. The molecule has 2 heterocycles. The van der Waals surface area contributed by atoms with E-state index in [2.05, 4.69) is 27.5 Å². The molecule has 0 bridgehead atoms.